The number of halogens is 2. The molecule has 33 heavy (non-hydrogen) atoms. The van der Waals surface area contributed by atoms with Gasteiger partial charge in [0.1, 0.15) is 0 Å². The van der Waals surface area contributed by atoms with E-state index < -0.39 is 17.1 Å². The minimum Gasteiger partial charge on any atom is -0.502 e. The van der Waals surface area contributed by atoms with Crippen molar-refractivity contribution in [1.82, 2.24) is 14.7 Å². The molecule has 1 aliphatic heterocycles. The number of hydrogen-bond donors (Lipinski definition) is 1. The highest BCUT2D eigenvalue weighted by Gasteiger charge is 2.42. The second-order valence-corrected chi connectivity index (χ2v) is 9.68. The Morgan fingerprint density at radius 2 is 1.58 bits per heavy atom. The molecule has 1 aliphatic carbocycles. The number of rotatable bonds is 2. The number of fused-ring (bicyclic) bond motifs is 3. The SMILES string of the molecule is CC(C)N1CC(C2c3cccc(Cl)c3CCc3c(Cl)cccc32)n2ncc(=O)c(O)c2C1=O. The maximum atomic E-state index is 13.3. The molecular weight excluding hydrogens is 461 g/mol. The minimum atomic E-state index is -0.674. The van der Waals surface area contributed by atoms with Crippen LogP contribution >= 0.6 is 23.2 Å². The van der Waals surface area contributed by atoms with E-state index in [4.69, 9.17) is 23.2 Å². The zero-order valence-electron chi connectivity index (χ0n) is 18.3. The van der Waals surface area contributed by atoms with Crippen molar-refractivity contribution in [2.24, 2.45) is 0 Å². The smallest absolute Gasteiger partial charge is 0.276 e. The number of amides is 1. The van der Waals surface area contributed by atoms with E-state index in [1.165, 1.54) is 4.68 Å². The molecule has 2 aliphatic rings. The van der Waals surface area contributed by atoms with Gasteiger partial charge in [-0.3, -0.25) is 14.3 Å². The summed E-state index contributed by atoms with van der Waals surface area (Å²) in [5, 5.41) is 16.3. The van der Waals surface area contributed by atoms with E-state index >= 15 is 0 Å². The fourth-order valence-electron chi connectivity index (χ4n) is 5.19. The minimum absolute atomic E-state index is 0.0798. The maximum absolute atomic E-state index is 13.3. The molecule has 1 amide bonds. The number of hydrogen-bond acceptors (Lipinski definition) is 4. The van der Waals surface area contributed by atoms with Gasteiger partial charge in [-0.05, 0) is 61.1 Å². The molecule has 2 heterocycles. The van der Waals surface area contributed by atoms with Crippen LogP contribution in [0.15, 0.2) is 47.4 Å². The first-order valence-corrected chi connectivity index (χ1v) is 11.7. The number of carbonyl (C=O) groups excluding carboxylic acids is 1. The Labute approximate surface area is 201 Å². The van der Waals surface area contributed by atoms with Crippen LogP contribution < -0.4 is 5.43 Å². The highest BCUT2D eigenvalue weighted by molar-refractivity contribution is 6.32. The van der Waals surface area contributed by atoms with E-state index in [0.717, 1.165) is 41.3 Å². The molecule has 3 aromatic rings. The lowest BCUT2D eigenvalue weighted by atomic mass is 9.81. The lowest BCUT2D eigenvalue weighted by Gasteiger charge is -2.41. The van der Waals surface area contributed by atoms with Crippen molar-refractivity contribution in [3.8, 4) is 5.75 Å². The molecule has 1 unspecified atom stereocenters. The molecule has 1 aromatic heterocycles. The summed E-state index contributed by atoms with van der Waals surface area (Å²) in [6.45, 7) is 4.19. The van der Waals surface area contributed by atoms with E-state index in [0.29, 0.717) is 16.6 Å². The molecular formula is C25H23Cl2N3O3. The first-order chi connectivity index (χ1) is 15.8. The molecule has 5 rings (SSSR count). The molecule has 0 radical (unpaired) electrons. The van der Waals surface area contributed by atoms with Crippen molar-refractivity contribution in [2.45, 2.75) is 44.7 Å². The van der Waals surface area contributed by atoms with Crippen LogP contribution in [0.4, 0.5) is 0 Å². The van der Waals surface area contributed by atoms with Crippen molar-refractivity contribution in [1.29, 1.82) is 0 Å². The largest absolute Gasteiger partial charge is 0.502 e. The summed E-state index contributed by atoms with van der Waals surface area (Å²) in [4.78, 5) is 27.1. The highest BCUT2D eigenvalue weighted by atomic mass is 35.5. The zero-order chi connectivity index (χ0) is 23.4. The monoisotopic (exact) mass is 483 g/mol. The Kier molecular flexibility index (Phi) is 5.46. The third-order valence-electron chi connectivity index (χ3n) is 6.76. The zero-order valence-corrected chi connectivity index (χ0v) is 19.8. The van der Waals surface area contributed by atoms with Gasteiger partial charge in [0.15, 0.2) is 11.4 Å². The highest BCUT2D eigenvalue weighted by Crippen LogP contribution is 2.46. The number of aromatic hydroxyl groups is 1. The van der Waals surface area contributed by atoms with Crippen LogP contribution in [0.1, 0.15) is 58.5 Å². The Morgan fingerprint density at radius 1 is 1.00 bits per heavy atom. The third-order valence-corrected chi connectivity index (χ3v) is 7.47. The normalized spacial score (nSPS) is 18.0. The molecule has 8 heteroatoms. The predicted octanol–water partition coefficient (Wildman–Crippen LogP) is 4.59. The molecule has 2 aromatic carbocycles. The summed E-state index contributed by atoms with van der Waals surface area (Å²) in [6.07, 6.45) is 2.54. The molecule has 1 atom stereocenters. The van der Waals surface area contributed by atoms with Gasteiger partial charge in [0.25, 0.3) is 5.91 Å². The second-order valence-electron chi connectivity index (χ2n) is 8.86. The van der Waals surface area contributed by atoms with Crippen molar-refractivity contribution in [2.75, 3.05) is 6.54 Å². The van der Waals surface area contributed by atoms with Gasteiger partial charge in [-0.1, -0.05) is 47.5 Å². The Balaban J connectivity index is 1.82. The van der Waals surface area contributed by atoms with E-state index in [1.54, 1.807) is 4.90 Å². The summed E-state index contributed by atoms with van der Waals surface area (Å²) < 4.78 is 1.52. The van der Waals surface area contributed by atoms with Crippen LogP contribution in [0, 0.1) is 0 Å². The quantitative estimate of drug-likeness (QED) is 0.578. The third kappa shape index (κ3) is 3.44. The Morgan fingerprint density at radius 3 is 2.12 bits per heavy atom. The topological polar surface area (TPSA) is 75.4 Å². The number of carbonyl (C=O) groups is 1. The first-order valence-electron chi connectivity index (χ1n) is 11.0. The van der Waals surface area contributed by atoms with Gasteiger partial charge >= 0.3 is 0 Å². The van der Waals surface area contributed by atoms with Crippen LogP contribution in [0.2, 0.25) is 10.0 Å². The van der Waals surface area contributed by atoms with Crippen LogP contribution in [0.3, 0.4) is 0 Å². The summed E-state index contributed by atoms with van der Waals surface area (Å²) >= 11 is 13.3. The molecule has 0 spiro atoms. The molecule has 170 valence electrons. The maximum Gasteiger partial charge on any atom is 0.276 e. The average Bonchev–Trinajstić information content (AvgIpc) is 2.95. The van der Waals surface area contributed by atoms with Crippen LogP contribution in [0.5, 0.6) is 5.75 Å². The van der Waals surface area contributed by atoms with Crippen LogP contribution in [-0.4, -0.2) is 38.3 Å². The average molecular weight is 484 g/mol. The standard InChI is InChI=1S/C25H23Cl2N3O3/c1-13(2)29-12-20(30-23(25(29)33)24(32)21(31)11-28-30)22-16-5-3-7-18(26)14(16)9-10-15-17(22)6-4-8-19(15)27/h3-8,11,13,20,22,32H,9-10,12H2,1-2H3. The van der Waals surface area contributed by atoms with Gasteiger partial charge in [0, 0.05) is 28.5 Å². The van der Waals surface area contributed by atoms with Gasteiger partial charge in [0.2, 0.25) is 5.43 Å². The van der Waals surface area contributed by atoms with Crippen LogP contribution in [-0.2, 0) is 12.8 Å². The fourth-order valence-corrected chi connectivity index (χ4v) is 5.74. The van der Waals surface area contributed by atoms with Gasteiger partial charge in [-0.2, -0.15) is 5.10 Å². The molecule has 6 nitrogen and oxygen atoms in total. The van der Waals surface area contributed by atoms with Gasteiger partial charge in [0.05, 0.1) is 12.2 Å². The summed E-state index contributed by atoms with van der Waals surface area (Å²) in [5.41, 5.74) is 3.40. The second kappa shape index (κ2) is 8.19. The summed E-state index contributed by atoms with van der Waals surface area (Å²) in [6, 6.07) is 11.2. The van der Waals surface area contributed by atoms with Crippen molar-refractivity contribution in [3.63, 3.8) is 0 Å². The van der Waals surface area contributed by atoms with Crippen molar-refractivity contribution in [3.05, 3.63) is 90.8 Å². The lowest BCUT2D eigenvalue weighted by Crippen LogP contribution is -2.49. The number of benzene rings is 2. The molecule has 0 fully saturated rings. The van der Waals surface area contributed by atoms with E-state index in [2.05, 4.69) is 17.2 Å². The van der Waals surface area contributed by atoms with Crippen molar-refractivity contribution < 1.29 is 9.90 Å². The Hall–Kier alpha value is -2.83. The van der Waals surface area contributed by atoms with Crippen molar-refractivity contribution >= 4 is 29.1 Å². The number of nitrogens with zero attached hydrogens (tertiary/aromatic N) is 3. The number of aromatic nitrogens is 2. The van der Waals surface area contributed by atoms with E-state index in [1.807, 2.05) is 38.1 Å². The molecule has 0 saturated carbocycles. The van der Waals surface area contributed by atoms with Crippen LogP contribution in [0.25, 0.3) is 0 Å². The summed E-state index contributed by atoms with van der Waals surface area (Å²) in [5.74, 6) is -1.22. The molecule has 0 bridgehead atoms. The van der Waals surface area contributed by atoms with E-state index in [-0.39, 0.29) is 23.7 Å². The predicted molar refractivity (Wildman–Crippen MR) is 128 cm³/mol. The van der Waals surface area contributed by atoms with E-state index in [9.17, 15) is 14.7 Å². The Bertz CT molecular complexity index is 1280. The molecule has 0 saturated heterocycles. The van der Waals surface area contributed by atoms with Gasteiger partial charge in [-0.25, -0.2) is 0 Å². The summed E-state index contributed by atoms with van der Waals surface area (Å²) in [7, 11) is 0. The fraction of sp³-hybridized carbons (Fsp3) is 0.320. The van der Waals surface area contributed by atoms with Gasteiger partial charge in [-0.15, -0.1) is 0 Å². The van der Waals surface area contributed by atoms with Gasteiger partial charge < -0.3 is 10.0 Å². The first kappa shape index (κ1) is 22.0. The lowest BCUT2D eigenvalue weighted by molar-refractivity contribution is 0.0570. The molecule has 1 N–H and O–H groups in total.